The average Bonchev–Trinajstić information content (AvgIpc) is 2.20. The zero-order valence-corrected chi connectivity index (χ0v) is 7.92. The number of aliphatic imine (C=N–C) groups is 1. The van der Waals surface area contributed by atoms with E-state index >= 15 is 0 Å². The lowest BCUT2D eigenvalue weighted by atomic mass is 10.3. The van der Waals surface area contributed by atoms with E-state index in [0.717, 1.165) is 37.7 Å². The predicted octanol–water partition coefficient (Wildman–Crippen LogP) is 0.900. The first kappa shape index (κ1) is 9.92. The zero-order valence-electron chi connectivity index (χ0n) is 7.92. The molecule has 0 bridgehead atoms. The topological polar surface area (TPSA) is 48.7 Å². The monoisotopic (exact) mass is 181 g/mol. The molecule has 1 aliphatic heterocycles. The van der Waals surface area contributed by atoms with Crippen LogP contribution >= 0.6 is 0 Å². The Morgan fingerprint density at radius 2 is 2.15 bits per heavy atom. The van der Waals surface area contributed by atoms with Crippen molar-refractivity contribution in [3.05, 3.63) is 11.4 Å². The lowest BCUT2D eigenvalue weighted by Crippen LogP contribution is -2.35. The molecule has 0 aromatic rings. The highest BCUT2D eigenvalue weighted by molar-refractivity contribution is 5.76. The van der Waals surface area contributed by atoms with Crippen LogP contribution in [0.1, 0.15) is 6.92 Å². The first-order valence-corrected chi connectivity index (χ1v) is 4.30. The Morgan fingerprint density at radius 1 is 1.54 bits per heavy atom. The number of nitrogens with zero attached hydrogens (tertiary/aromatic N) is 2. The Labute approximate surface area is 78.4 Å². The molecule has 0 unspecified atom stereocenters. The van der Waals surface area contributed by atoms with Gasteiger partial charge in [-0.1, -0.05) is 0 Å². The van der Waals surface area contributed by atoms with E-state index in [1.807, 2.05) is 6.92 Å². The number of allylic oxidation sites excluding steroid dienone is 1. The van der Waals surface area contributed by atoms with Crippen molar-refractivity contribution in [1.82, 2.24) is 4.90 Å². The molecule has 0 aliphatic carbocycles. The van der Waals surface area contributed by atoms with Gasteiger partial charge in [0.2, 0.25) is 0 Å². The molecule has 0 saturated carbocycles. The molecule has 0 spiro atoms. The van der Waals surface area contributed by atoms with Gasteiger partial charge >= 0.3 is 0 Å². The molecule has 1 saturated heterocycles. The van der Waals surface area contributed by atoms with Crippen LogP contribution in [-0.2, 0) is 4.74 Å². The van der Waals surface area contributed by atoms with Crippen molar-refractivity contribution < 1.29 is 4.74 Å². The van der Waals surface area contributed by atoms with E-state index in [1.54, 1.807) is 0 Å². The number of nitrogens with one attached hydrogen (secondary N) is 1. The largest absolute Gasteiger partial charge is 0.378 e. The summed E-state index contributed by atoms with van der Waals surface area (Å²) in [6.07, 6.45) is 1.31. The second-order valence-corrected chi connectivity index (χ2v) is 2.91. The van der Waals surface area contributed by atoms with Gasteiger partial charge in [-0.05, 0) is 13.6 Å². The minimum atomic E-state index is 0.726. The molecule has 72 valence electrons. The lowest BCUT2D eigenvalue weighted by Gasteiger charge is -2.29. The molecule has 0 radical (unpaired) electrons. The highest BCUT2D eigenvalue weighted by Crippen LogP contribution is 2.11. The maximum Gasteiger partial charge on any atom is 0.132 e. The first-order chi connectivity index (χ1) is 6.29. The highest BCUT2D eigenvalue weighted by Gasteiger charge is 2.13. The third-order valence-corrected chi connectivity index (χ3v) is 2.03. The maximum absolute atomic E-state index is 7.13. The number of ether oxygens (including phenoxy) is 1. The van der Waals surface area contributed by atoms with Gasteiger partial charge in [-0.3, -0.25) is 0 Å². The molecule has 1 fully saturated rings. The van der Waals surface area contributed by atoms with Crippen LogP contribution in [0.15, 0.2) is 16.4 Å². The van der Waals surface area contributed by atoms with E-state index in [4.69, 9.17) is 10.1 Å². The van der Waals surface area contributed by atoms with Crippen LogP contribution in [0.5, 0.6) is 0 Å². The van der Waals surface area contributed by atoms with Gasteiger partial charge in [0, 0.05) is 24.9 Å². The summed E-state index contributed by atoms with van der Waals surface area (Å²) in [6, 6.07) is 0. The molecule has 13 heavy (non-hydrogen) atoms. The van der Waals surface area contributed by atoms with Crippen LogP contribution in [-0.4, -0.2) is 44.1 Å². The molecule has 4 nitrogen and oxygen atoms in total. The van der Waals surface area contributed by atoms with Crippen molar-refractivity contribution in [2.45, 2.75) is 6.92 Å². The molecule has 4 heteroatoms. The SMILES string of the molecule is C=N/C(=C(/C)C=N)N1CCOCC1. The summed E-state index contributed by atoms with van der Waals surface area (Å²) in [6.45, 7) is 8.50. The molecule has 1 N–H and O–H groups in total. The summed E-state index contributed by atoms with van der Waals surface area (Å²) in [5.74, 6) is 0.804. The van der Waals surface area contributed by atoms with Gasteiger partial charge in [-0.2, -0.15) is 0 Å². The maximum atomic E-state index is 7.13. The molecule has 1 rings (SSSR count). The summed E-state index contributed by atoms with van der Waals surface area (Å²) in [4.78, 5) is 6.03. The minimum absolute atomic E-state index is 0.726. The van der Waals surface area contributed by atoms with Crippen LogP contribution in [0, 0.1) is 5.41 Å². The lowest BCUT2D eigenvalue weighted by molar-refractivity contribution is 0.0529. The van der Waals surface area contributed by atoms with Crippen LogP contribution in [0.4, 0.5) is 0 Å². The smallest absolute Gasteiger partial charge is 0.132 e. The number of hydrogen-bond donors (Lipinski definition) is 1. The van der Waals surface area contributed by atoms with Crippen molar-refractivity contribution in [3.8, 4) is 0 Å². The van der Waals surface area contributed by atoms with Crippen LogP contribution in [0.25, 0.3) is 0 Å². The summed E-state index contributed by atoms with van der Waals surface area (Å²) < 4.78 is 5.22. The Balaban J connectivity index is 2.75. The molecule has 1 aliphatic rings. The number of hydrogen-bond acceptors (Lipinski definition) is 4. The van der Waals surface area contributed by atoms with Crippen LogP contribution in [0.2, 0.25) is 0 Å². The van der Waals surface area contributed by atoms with E-state index in [9.17, 15) is 0 Å². The quantitative estimate of drug-likeness (QED) is 0.658. The second kappa shape index (κ2) is 4.77. The third kappa shape index (κ3) is 2.39. The van der Waals surface area contributed by atoms with Crippen molar-refractivity contribution in [1.29, 1.82) is 5.41 Å². The summed E-state index contributed by atoms with van der Waals surface area (Å²) in [5.41, 5.74) is 0.844. The third-order valence-electron chi connectivity index (χ3n) is 2.03. The fourth-order valence-electron chi connectivity index (χ4n) is 1.31. The van der Waals surface area contributed by atoms with Crippen LogP contribution in [0.3, 0.4) is 0 Å². The average molecular weight is 181 g/mol. The van der Waals surface area contributed by atoms with E-state index in [1.165, 1.54) is 6.21 Å². The van der Waals surface area contributed by atoms with E-state index in [-0.39, 0.29) is 0 Å². The number of rotatable bonds is 3. The van der Waals surface area contributed by atoms with E-state index in [2.05, 4.69) is 16.6 Å². The summed E-state index contributed by atoms with van der Waals surface area (Å²) in [7, 11) is 0. The van der Waals surface area contributed by atoms with Crippen molar-refractivity contribution in [2.75, 3.05) is 26.3 Å². The van der Waals surface area contributed by atoms with Crippen LogP contribution < -0.4 is 0 Å². The predicted molar refractivity (Wildman–Crippen MR) is 53.4 cm³/mol. The van der Waals surface area contributed by atoms with Gasteiger partial charge in [0.1, 0.15) is 5.82 Å². The van der Waals surface area contributed by atoms with Crippen molar-refractivity contribution >= 4 is 12.9 Å². The van der Waals surface area contributed by atoms with Crippen molar-refractivity contribution in [3.63, 3.8) is 0 Å². The van der Waals surface area contributed by atoms with Gasteiger partial charge in [0.05, 0.1) is 13.2 Å². The van der Waals surface area contributed by atoms with Gasteiger partial charge in [0.15, 0.2) is 0 Å². The molecule has 0 aromatic carbocycles. The second-order valence-electron chi connectivity index (χ2n) is 2.91. The van der Waals surface area contributed by atoms with Crippen molar-refractivity contribution in [2.24, 2.45) is 4.99 Å². The molecular weight excluding hydrogens is 166 g/mol. The number of morpholine rings is 1. The zero-order chi connectivity index (χ0) is 9.68. The van der Waals surface area contributed by atoms with Gasteiger partial charge < -0.3 is 15.0 Å². The Hall–Kier alpha value is -1.16. The van der Waals surface area contributed by atoms with Gasteiger partial charge in [0.25, 0.3) is 0 Å². The highest BCUT2D eigenvalue weighted by atomic mass is 16.5. The Morgan fingerprint density at radius 3 is 2.62 bits per heavy atom. The van der Waals surface area contributed by atoms with E-state index < -0.39 is 0 Å². The Kier molecular flexibility index (Phi) is 3.64. The minimum Gasteiger partial charge on any atom is -0.378 e. The van der Waals surface area contributed by atoms with Gasteiger partial charge in [-0.15, -0.1) is 0 Å². The normalized spacial score (nSPS) is 19.3. The molecule has 0 amide bonds. The fourth-order valence-corrected chi connectivity index (χ4v) is 1.31. The Bertz CT molecular complexity index is 229. The first-order valence-electron chi connectivity index (χ1n) is 4.30. The van der Waals surface area contributed by atoms with Gasteiger partial charge in [-0.25, -0.2) is 4.99 Å². The summed E-state index contributed by atoms with van der Waals surface area (Å²) in [5, 5.41) is 7.13. The molecule has 1 heterocycles. The summed E-state index contributed by atoms with van der Waals surface area (Å²) >= 11 is 0. The fraction of sp³-hybridized carbons (Fsp3) is 0.556. The van der Waals surface area contributed by atoms with E-state index in [0.29, 0.717) is 0 Å². The molecular formula is C9H15N3O. The standard InChI is InChI=1S/C9H15N3O/c1-8(7-10)9(11-2)12-3-5-13-6-4-12/h7,10H,2-6H2,1H3/b9-8+,10-7?. The molecule has 0 atom stereocenters. The molecule has 0 aromatic heterocycles.